The summed E-state index contributed by atoms with van der Waals surface area (Å²) in [6, 6.07) is 3.46. The van der Waals surface area contributed by atoms with E-state index in [4.69, 9.17) is 0 Å². The quantitative estimate of drug-likeness (QED) is 0.580. The van der Waals surface area contributed by atoms with Crippen LogP contribution in [0, 0.1) is 0 Å². The Morgan fingerprint density at radius 2 is 2.24 bits per heavy atom. The molecule has 0 bridgehead atoms. The Balaban J connectivity index is 2.19. The molecular formula is C11H13F3O2S. The molecule has 0 saturated carbocycles. The van der Waals surface area contributed by atoms with E-state index < -0.39 is 12.3 Å². The highest BCUT2D eigenvalue weighted by atomic mass is 32.1. The van der Waals surface area contributed by atoms with Gasteiger partial charge in [-0.1, -0.05) is 6.07 Å². The predicted octanol–water partition coefficient (Wildman–Crippen LogP) is 3.68. The molecule has 0 fully saturated rings. The van der Waals surface area contributed by atoms with Gasteiger partial charge in [0.1, 0.15) is 0 Å². The third kappa shape index (κ3) is 4.87. The first-order chi connectivity index (χ1) is 7.91. The predicted molar refractivity (Wildman–Crippen MR) is 59.4 cm³/mol. The first kappa shape index (κ1) is 14.2. The third-order valence-corrected chi connectivity index (χ3v) is 3.08. The molecule has 0 aromatic carbocycles. The van der Waals surface area contributed by atoms with Gasteiger partial charge in [-0.2, -0.15) is 13.2 Å². The molecule has 96 valence electrons. The van der Waals surface area contributed by atoms with E-state index in [1.165, 1.54) is 11.3 Å². The van der Waals surface area contributed by atoms with Crippen LogP contribution in [-0.4, -0.2) is 24.7 Å². The molecule has 0 N–H and O–H groups in total. The zero-order chi connectivity index (χ0) is 12.9. The number of alkyl halides is 3. The molecule has 1 atom stereocenters. The number of Topliss-reactive ketones (excluding diaryl/α,β-unsaturated/α-hetero) is 1. The normalized spacial score (nSPS) is 13.6. The summed E-state index contributed by atoms with van der Waals surface area (Å²) in [5.74, 6) is -0.0525. The van der Waals surface area contributed by atoms with E-state index in [1.54, 1.807) is 17.5 Å². The van der Waals surface area contributed by atoms with E-state index in [9.17, 15) is 18.0 Å². The Morgan fingerprint density at radius 1 is 1.53 bits per heavy atom. The first-order valence-corrected chi connectivity index (χ1v) is 6.04. The van der Waals surface area contributed by atoms with Crippen molar-refractivity contribution in [2.75, 3.05) is 6.61 Å². The number of ether oxygens (including phenoxy) is 1. The largest absolute Gasteiger partial charge is 0.414 e. The molecule has 0 saturated heterocycles. The number of ketones is 1. The highest BCUT2D eigenvalue weighted by molar-refractivity contribution is 7.12. The lowest BCUT2D eigenvalue weighted by molar-refractivity contribution is -0.214. The molecule has 1 aromatic heterocycles. The van der Waals surface area contributed by atoms with E-state index >= 15 is 0 Å². The maximum atomic E-state index is 12.1. The number of halogens is 3. The van der Waals surface area contributed by atoms with Gasteiger partial charge in [-0.3, -0.25) is 4.79 Å². The van der Waals surface area contributed by atoms with Crippen molar-refractivity contribution in [3.05, 3.63) is 22.4 Å². The number of rotatable bonds is 6. The van der Waals surface area contributed by atoms with Crippen LogP contribution < -0.4 is 0 Å². The summed E-state index contributed by atoms with van der Waals surface area (Å²) >= 11 is 1.33. The van der Waals surface area contributed by atoms with Crippen molar-refractivity contribution < 1.29 is 22.7 Å². The van der Waals surface area contributed by atoms with E-state index in [1.807, 2.05) is 0 Å². The minimum Gasteiger partial charge on any atom is -0.369 e. The van der Waals surface area contributed by atoms with Crippen molar-refractivity contribution in [1.82, 2.24) is 0 Å². The van der Waals surface area contributed by atoms with Crippen molar-refractivity contribution in [3.63, 3.8) is 0 Å². The van der Waals surface area contributed by atoms with Gasteiger partial charge in [0.25, 0.3) is 0 Å². The summed E-state index contributed by atoms with van der Waals surface area (Å²) in [5, 5.41) is 1.79. The van der Waals surface area contributed by atoms with E-state index in [2.05, 4.69) is 4.74 Å². The van der Waals surface area contributed by atoms with Gasteiger partial charge < -0.3 is 4.74 Å². The Kier molecular flexibility index (Phi) is 5.14. The van der Waals surface area contributed by atoms with E-state index in [0.717, 1.165) is 6.92 Å². The van der Waals surface area contributed by atoms with Crippen LogP contribution in [0.3, 0.4) is 0 Å². The van der Waals surface area contributed by atoms with Crippen molar-refractivity contribution in [3.8, 4) is 0 Å². The Bertz CT molecular complexity index is 346. The lowest BCUT2D eigenvalue weighted by Gasteiger charge is -2.15. The molecule has 0 aliphatic heterocycles. The van der Waals surface area contributed by atoms with Gasteiger partial charge in [0.2, 0.25) is 0 Å². The molecule has 1 heterocycles. The second kappa shape index (κ2) is 6.16. The number of carbonyl (C=O) groups excluding carboxylic acids is 1. The highest BCUT2D eigenvalue weighted by Gasteiger charge is 2.36. The molecule has 17 heavy (non-hydrogen) atoms. The van der Waals surface area contributed by atoms with Crippen LogP contribution in [0.25, 0.3) is 0 Å². The van der Waals surface area contributed by atoms with E-state index in [0.29, 0.717) is 11.3 Å². The lowest BCUT2D eigenvalue weighted by atomic mass is 10.2. The smallest absolute Gasteiger partial charge is 0.369 e. The topological polar surface area (TPSA) is 26.3 Å². The molecule has 0 radical (unpaired) electrons. The zero-order valence-electron chi connectivity index (χ0n) is 9.29. The minimum absolute atomic E-state index is 0.0525. The number of carbonyl (C=O) groups is 1. The number of hydrogen-bond acceptors (Lipinski definition) is 3. The standard InChI is InChI=1S/C11H13F3O2S/c1-8(11(12,13)14)16-6-2-4-9(15)10-5-3-7-17-10/h3,5,7-8H,2,4,6H2,1H3. The van der Waals surface area contributed by atoms with Crippen LogP contribution in [-0.2, 0) is 4.74 Å². The molecular weight excluding hydrogens is 253 g/mol. The fourth-order valence-electron chi connectivity index (χ4n) is 1.15. The van der Waals surface area contributed by atoms with Crippen molar-refractivity contribution >= 4 is 17.1 Å². The molecule has 1 unspecified atom stereocenters. The maximum absolute atomic E-state index is 12.1. The highest BCUT2D eigenvalue weighted by Crippen LogP contribution is 2.22. The van der Waals surface area contributed by atoms with Gasteiger partial charge >= 0.3 is 6.18 Å². The Morgan fingerprint density at radius 3 is 2.76 bits per heavy atom. The average Bonchev–Trinajstić information content (AvgIpc) is 2.75. The van der Waals surface area contributed by atoms with Gasteiger partial charge in [0.15, 0.2) is 11.9 Å². The second-order valence-corrected chi connectivity index (χ2v) is 4.51. The van der Waals surface area contributed by atoms with Crippen LogP contribution in [0.4, 0.5) is 13.2 Å². The van der Waals surface area contributed by atoms with Crippen LogP contribution in [0.15, 0.2) is 17.5 Å². The zero-order valence-corrected chi connectivity index (χ0v) is 10.1. The molecule has 0 aliphatic rings. The molecule has 6 heteroatoms. The van der Waals surface area contributed by atoms with Crippen LogP contribution in [0.1, 0.15) is 29.4 Å². The maximum Gasteiger partial charge on any atom is 0.414 e. The number of hydrogen-bond donors (Lipinski definition) is 0. The van der Waals surface area contributed by atoms with Crippen molar-refractivity contribution in [1.29, 1.82) is 0 Å². The fourth-order valence-corrected chi connectivity index (χ4v) is 1.84. The lowest BCUT2D eigenvalue weighted by Crippen LogP contribution is -2.28. The third-order valence-electron chi connectivity index (χ3n) is 2.17. The molecule has 1 rings (SSSR count). The van der Waals surface area contributed by atoms with Gasteiger partial charge in [0, 0.05) is 13.0 Å². The van der Waals surface area contributed by atoms with Crippen LogP contribution in [0.2, 0.25) is 0 Å². The van der Waals surface area contributed by atoms with Crippen LogP contribution in [0.5, 0.6) is 0 Å². The van der Waals surface area contributed by atoms with Gasteiger partial charge in [-0.25, -0.2) is 0 Å². The fraction of sp³-hybridized carbons (Fsp3) is 0.545. The minimum atomic E-state index is -4.34. The van der Waals surface area contributed by atoms with Crippen molar-refractivity contribution in [2.45, 2.75) is 32.0 Å². The SMILES string of the molecule is CC(OCCCC(=O)c1cccs1)C(F)(F)F. The summed E-state index contributed by atoms with van der Waals surface area (Å²) in [7, 11) is 0. The second-order valence-electron chi connectivity index (χ2n) is 3.56. The Labute approximate surface area is 101 Å². The summed E-state index contributed by atoms with van der Waals surface area (Å²) in [4.78, 5) is 12.1. The molecule has 0 aliphatic carbocycles. The Hall–Kier alpha value is -0.880. The molecule has 1 aromatic rings. The molecule has 2 nitrogen and oxygen atoms in total. The summed E-state index contributed by atoms with van der Waals surface area (Å²) in [6.45, 7) is 0.902. The average molecular weight is 266 g/mol. The monoisotopic (exact) mass is 266 g/mol. The number of thiophene rings is 1. The summed E-state index contributed by atoms with van der Waals surface area (Å²) < 4.78 is 40.8. The first-order valence-electron chi connectivity index (χ1n) is 5.16. The molecule has 0 spiro atoms. The summed E-state index contributed by atoms with van der Waals surface area (Å²) in [6.07, 6.45) is -5.60. The molecule has 0 amide bonds. The summed E-state index contributed by atoms with van der Waals surface area (Å²) in [5.41, 5.74) is 0. The van der Waals surface area contributed by atoms with Crippen LogP contribution >= 0.6 is 11.3 Å². The van der Waals surface area contributed by atoms with Gasteiger partial charge in [-0.15, -0.1) is 11.3 Å². The van der Waals surface area contributed by atoms with Gasteiger partial charge in [-0.05, 0) is 24.8 Å². The van der Waals surface area contributed by atoms with E-state index in [-0.39, 0.29) is 18.8 Å². The van der Waals surface area contributed by atoms with Crippen molar-refractivity contribution in [2.24, 2.45) is 0 Å². The van der Waals surface area contributed by atoms with Gasteiger partial charge in [0.05, 0.1) is 4.88 Å².